The highest BCUT2D eigenvalue weighted by Gasteiger charge is 2.13. The number of hydrogen-bond donors (Lipinski definition) is 2. The fraction of sp³-hybridized carbons (Fsp3) is 0.300. The third-order valence-corrected chi connectivity index (χ3v) is 5.45. The molecule has 28 heavy (non-hydrogen) atoms. The summed E-state index contributed by atoms with van der Waals surface area (Å²) >= 11 is 1.47. The van der Waals surface area contributed by atoms with Gasteiger partial charge in [0.1, 0.15) is 23.8 Å². The lowest BCUT2D eigenvalue weighted by atomic mass is 10.2. The van der Waals surface area contributed by atoms with E-state index in [4.69, 9.17) is 4.74 Å². The molecule has 0 radical (unpaired) electrons. The van der Waals surface area contributed by atoms with E-state index in [1.807, 2.05) is 44.2 Å². The number of thiophene rings is 1. The first-order chi connectivity index (χ1) is 13.4. The number of nitrogens with zero attached hydrogens (tertiary/aromatic N) is 1. The minimum Gasteiger partial charge on any atom is -0.460 e. The van der Waals surface area contributed by atoms with Crippen LogP contribution >= 0.6 is 11.3 Å². The number of carbonyl (C=O) groups excluding carboxylic acids is 2. The van der Waals surface area contributed by atoms with Gasteiger partial charge in [-0.3, -0.25) is 14.4 Å². The molecule has 146 valence electrons. The van der Waals surface area contributed by atoms with Crippen LogP contribution in [0.15, 0.2) is 35.1 Å². The quantitative estimate of drug-likeness (QED) is 0.594. The molecule has 0 spiro atoms. The first kappa shape index (κ1) is 19.8. The fourth-order valence-corrected chi connectivity index (χ4v) is 3.75. The number of aromatic nitrogens is 2. The van der Waals surface area contributed by atoms with Crippen LogP contribution in [0.3, 0.4) is 0 Å². The Kier molecular flexibility index (Phi) is 6.20. The van der Waals surface area contributed by atoms with Crippen molar-refractivity contribution in [3.63, 3.8) is 0 Å². The molecule has 1 aromatic carbocycles. The third-order valence-electron chi connectivity index (χ3n) is 4.35. The van der Waals surface area contributed by atoms with Crippen molar-refractivity contribution in [2.45, 2.75) is 33.3 Å². The summed E-state index contributed by atoms with van der Waals surface area (Å²) < 4.78 is 5.11. The van der Waals surface area contributed by atoms with Gasteiger partial charge in [-0.1, -0.05) is 30.3 Å². The van der Waals surface area contributed by atoms with Crippen molar-refractivity contribution < 1.29 is 14.3 Å². The summed E-state index contributed by atoms with van der Waals surface area (Å²) in [5.41, 5.74) is 1.63. The molecule has 2 aromatic heterocycles. The van der Waals surface area contributed by atoms with Crippen molar-refractivity contribution in [3.05, 3.63) is 62.5 Å². The summed E-state index contributed by atoms with van der Waals surface area (Å²) in [7, 11) is 0. The zero-order valence-corrected chi connectivity index (χ0v) is 16.5. The molecular formula is C20H21N3O4S. The lowest BCUT2D eigenvalue weighted by Crippen LogP contribution is -2.31. The number of carbonyl (C=O) groups is 2. The van der Waals surface area contributed by atoms with E-state index in [-0.39, 0.29) is 37.5 Å². The largest absolute Gasteiger partial charge is 0.460 e. The summed E-state index contributed by atoms with van der Waals surface area (Å²) in [6.07, 6.45) is 0.399. The number of fused-ring (bicyclic) bond motifs is 1. The second-order valence-corrected chi connectivity index (χ2v) is 7.60. The second kappa shape index (κ2) is 8.79. The minimum atomic E-state index is -0.505. The van der Waals surface area contributed by atoms with Crippen molar-refractivity contribution >= 4 is 33.4 Å². The van der Waals surface area contributed by atoms with Gasteiger partial charge in [0.05, 0.1) is 5.39 Å². The standard InChI is InChI=1S/C20H21N3O4S/c1-12-13(2)28-20-18(12)19(26)22-15(23-20)8-9-16(24)21-10-17(25)27-11-14-6-4-3-5-7-14/h3-7H,8-11H2,1-2H3,(H,21,24)(H,22,23,26). The van der Waals surface area contributed by atoms with Gasteiger partial charge < -0.3 is 15.0 Å². The molecule has 0 saturated carbocycles. The van der Waals surface area contributed by atoms with Crippen molar-refractivity contribution in [1.82, 2.24) is 15.3 Å². The molecule has 0 fully saturated rings. The van der Waals surface area contributed by atoms with Crippen LogP contribution in [-0.4, -0.2) is 28.4 Å². The van der Waals surface area contributed by atoms with Gasteiger partial charge in [0.25, 0.3) is 5.56 Å². The Bertz CT molecular complexity index is 1060. The van der Waals surface area contributed by atoms with Crippen LogP contribution < -0.4 is 10.9 Å². The van der Waals surface area contributed by atoms with Crippen molar-refractivity contribution in [2.75, 3.05) is 6.54 Å². The number of benzene rings is 1. The van der Waals surface area contributed by atoms with Gasteiger partial charge in [0.2, 0.25) is 5.91 Å². The molecule has 0 aliphatic rings. The third kappa shape index (κ3) is 4.83. The van der Waals surface area contributed by atoms with Gasteiger partial charge in [0.15, 0.2) is 0 Å². The summed E-state index contributed by atoms with van der Waals surface area (Å²) in [5.74, 6) is -0.354. The molecule has 0 aliphatic heterocycles. The number of ether oxygens (including phenoxy) is 1. The Hall–Kier alpha value is -3.00. The monoisotopic (exact) mass is 399 g/mol. The molecule has 2 heterocycles. The Morgan fingerprint density at radius 1 is 1.21 bits per heavy atom. The molecule has 3 aromatic rings. The van der Waals surface area contributed by atoms with Crippen molar-refractivity contribution in [3.8, 4) is 0 Å². The SMILES string of the molecule is Cc1sc2nc(CCC(=O)NCC(=O)OCc3ccccc3)[nH]c(=O)c2c1C. The number of H-pyrrole nitrogens is 1. The molecule has 1 amide bonds. The summed E-state index contributed by atoms with van der Waals surface area (Å²) in [6.45, 7) is 3.82. The molecule has 0 unspecified atom stereocenters. The lowest BCUT2D eigenvalue weighted by Gasteiger charge is -2.07. The Labute approximate surface area is 165 Å². The van der Waals surface area contributed by atoms with Crippen LogP contribution in [0.4, 0.5) is 0 Å². The number of aryl methyl sites for hydroxylation is 3. The predicted octanol–water partition coefficient (Wildman–Crippen LogP) is 2.39. The average Bonchev–Trinajstić information content (AvgIpc) is 2.98. The first-order valence-electron chi connectivity index (χ1n) is 8.89. The minimum absolute atomic E-state index is 0.115. The van der Waals surface area contributed by atoms with E-state index in [1.165, 1.54) is 11.3 Å². The van der Waals surface area contributed by atoms with E-state index in [0.717, 1.165) is 16.0 Å². The zero-order valence-electron chi connectivity index (χ0n) is 15.7. The van der Waals surface area contributed by atoms with Crippen LogP contribution in [0.5, 0.6) is 0 Å². The molecule has 7 nitrogen and oxygen atoms in total. The maximum absolute atomic E-state index is 12.2. The molecular weight excluding hydrogens is 378 g/mol. The fourth-order valence-electron chi connectivity index (χ4n) is 2.70. The normalized spacial score (nSPS) is 10.8. The molecule has 0 bridgehead atoms. The maximum Gasteiger partial charge on any atom is 0.325 e. The average molecular weight is 399 g/mol. The smallest absolute Gasteiger partial charge is 0.325 e. The second-order valence-electron chi connectivity index (χ2n) is 6.40. The molecule has 2 N–H and O–H groups in total. The van der Waals surface area contributed by atoms with Crippen LogP contribution in [0.25, 0.3) is 10.2 Å². The topological polar surface area (TPSA) is 101 Å². The van der Waals surface area contributed by atoms with E-state index in [1.54, 1.807) is 0 Å². The van der Waals surface area contributed by atoms with Gasteiger partial charge in [0, 0.05) is 17.7 Å². The number of hydrogen-bond acceptors (Lipinski definition) is 6. The molecule has 0 saturated heterocycles. The van der Waals surface area contributed by atoms with Crippen LogP contribution in [-0.2, 0) is 27.4 Å². The van der Waals surface area contributed by atoms with Gasteiger partial charge >= 0.3 is 5.97 Å². The molecule has 0 atom stereocenters. The van der Waals surface area contributed by atoms with E-state index >= 15 is 0 Å². The maximum atomic E-state index is 12.2. The highest BCUT2D eigenvalue weighted by Crippen LogP contribution is 2.25. The van der Waals surface area contributed by atoms with E-state index in [9.17, 15) is 14.4 Å². The summed E-state index contributed by atoms with van der Waals surface area (Å²) in [6, 6.07) is 9.31. The van der Waals surface area contributed by atoms with Gasteiger partial charge in [-0.2, -0.15) is 0 Å². The predicted molar refractivity (Wildman–Crippen MR) is 107 cm³/mol. The van der Waals surface area contributed by atoms with E-state index in [2.05, 4.69) is 15.3 Å². The van der Waals surface area contributed by atoms with Crippen molar-refractivity contribution in [2.24, 2.45) is 0 Å². The lowest BCUT2D eigenvalue weighted by molar-refractivity contribution is -0.145. The highest BCUT2D eigenvalue weighted by molar-refractivity contribution is 7.18. The van der Waals surface area contributed by atoms with Gasteiger partial charge in [-0.25, -0.2) is 4.98 Å². The van der Waals surface area contributed by atoms with Gasteiger partial charge in [-0.15, -0.1) is 11.3 Å². The molecule has 3 rings (SSSR count). The number of rotatable bonds is 7. The van der Waals surface area contributed by atoms with Crippen molar-refractivity contribution in [1.29, 1.82) is 0 Å². The Morgan fingerprint density at radius 2 is 1.96 bits per heavy atom. The van der Waals surface area contributed by atoms with E-state index < -0.39 is 5.97 Å². The highest BCUT2D eigenvalue weighted by atomic mass is 32.1. The number of esters is 1. The zero-order chi connectivity index (χ0) is 20.1. The Balaban J connectivity index is 1.47. The van der Waals surface area contributed by atoms with Crippen LogP contribution in [0.1, 0.15) is 28.2 Å². The number of nitrogens with one attached hydrogen (secondary N) is 2. The Morgan fingerprint density at radius 3 is 2.71 bits per heavy atom. The number of aromatic amines is 1. The van der Waals surface area contributed by atoms with Crippen LogP contribution in [0, 0.1) is 13.8 Å². The summed E-state index contributed by atoms with van der Waals surface area (Å²) in [5, 5.41) is 3.13. The molecule has 0 aliphatic carbocycles. The number of amides is 1. The van der Waals surface area contributed by atoms with Gasteiger partial charge in [-0.05, 0) is 25.0 Å². The first-order valence-corrected chi connectivity index (χ1v) is 9.71. The molecule has 8 heteroatoms. The summed E-state index contributed by atoms with van der Waals surface area (Å²) in [4.78, 5) is 44.8. The van der Waals surface area contributed by atoms with Crippen LogP contribution in [0.2, 0.25) is 0 Å². The van der Waals surface area contributed by atoms with E-state index in [0.29, 0.717) is 16.0 Å².